The molecule has 0 heterocycles. The van der Waals surface area contributed by atoms with E-state index in [1.807, 2.05) is 30.3 Å². The van der Waals surface area contributed by atoms with Crippen molar-refractivity contribution in [2.24, 2.45) is 5.92 Å². The highest BCUT2D eigenvalue weighted by atomic mass is 16.5. The Morgan fingerprint density at radius 2 is 1.85 bits per heavy atom. The summed E-state index contributed by atoms with van der Waals surface area (Å²) in [6.45, 7) is 0.129. The molecule has 1 aromatic rings. The topological polar surface area (TPSA) is 55.8 Å². The standard InChI is InChI=1S/C16H22O4/c17-14(11-19-15-9-5-2-6-10-15)12-20-16(18)13-7-3-1-4-8-13/h2,5-6,9-10,13-14,17H,1,3-4,7-8,11-12H2. The maximum absolute atomic E-state index is 11.8. The average molecular weight is 278 g/mol. The van der Waals surface area contributed by atoms with Crippen LogP contribution >= 0.6 is 0 Å². The smallest absolute Gasteiger partial charge is 0.309 e. The molecule has 1 aromatic carbocycles. The van der Waals surface area contributed by atoms with Crippen LogP contribution in [0.3, 0.4) is 0 Å². The highest BCUT2D eigenvalue weighted by Gasteiger charge is 2.23. The largest absolute Gasteiger partial charge is 0.491 e. The first-order valence-electron chi connectivity index (χ1n) is 7.28. The lowest BCUT2D eigenvalue weighted by atomic mass is 9.89. The van der Waals surface area contributed by atoms with Gasteiger partial charge in [-0.3, -0.25) is 4.79 Å². The summed E-state index contributed by atoms with van der Waals surface area (Å²) in [5, 5.41) is 9.76. The molecular formula is C16H22O4. The summed E-state index contributed by atoms with van der Waals surface area (Å²) in [5.41, 5.74) is 0. The molecule has 1 aliphatic carbocycles. The average Bonchev–Trinajstić information content (AvgIpc) is 2.52. The number of aliphatic hydroxyl groups is 1. The molecule has 1 unspecified atom stereocenters. The number of benzene rings is 1. The predicted molar refractivity (Wildman–Crippen MR) is 75.5 cm³/mol. The molecule has 1 saturated carbocycles. The Bertz CT molecular complexity index is 398. The summed E-state index contributed by atoms with van der Waals surface area (Å²) in [6.07, 6.45) is 4.43. The third-order valence-electron chi connectivity index (χ3n) is 3.54. The van der Waals surface area contributed by atoms with Crippen LogP contribution in [0.5, 0.6) is 5.75 Å². The highest BCUT2D eigenvalue weighted by molar-refractivity contribution is 5.72. The molecule has 0 spiro atoms. The van der Waals surface area contributed by atoms with Crippen molar-refractivity contribution in [3.05, 3.63) is 30.3 Å². The van der Waals surface area contributed by atoms with Crippen LogP contribution in [-0.4, -0.2) is 30.4 Å². The molecule has 0 radical (unpaired) electrons. The molecule has 20 heavy (non-hydrogen) atoms. The fourth-order valence-electron chi connectivity index (χ4n) is 2.39. The molecular weight excluding hydrogens is 256 g/mol. The van der Waals surface area contributed by atoms with Gasteiger partial charge >= 0.3 is 5.97 Å². The molecule has 4 nitrogen and oxygen atoms in total. The Morgan fingerprint density at radius 1 is 1.15 bits per heavy atom. The Hall–Kier alpha value is -1.55. The van der Waals surface area contributed by atoms with Crippen LogP contribution in [0.25, 0.3) is 0 Å². The van der Waals surface area contributed by atoms with Crippen molar-refractivity contribution in [1.82, 2.24) is 0 Å². The van der Waals surface area contributed by atoms with Gasteiger partial charge in [-0.05, 0) is 25.0 Å². The minimum absolute atomic E-state index is 0.00215. The molecule has 4 heteroatoms. The predicted octanol–water partition coefficient (Wildman–Crippen LogP) is 2.55. The summed E-state index contributed by atoms with van der Waals surface area (Å²) < 4.78 is 10.6. The zero-order valence-electron chi connectivity index (χ0n) is 11.7. The molecule has 1 N–H and O–H groups in total. The summed E-state index contributed by atoms with van der Waals surface area (Å²) >= 11 is 0. The van der Waals surface area contributed by atoms with Gasteiger partial charge in [0.2, 0.25) is 0 Å². The Kier molecular flexibility index (Phi) is 5.87. The SMILES string of the molecule is O=C(OCC(O)COc1ccccc1)C1CCCCC1. The van der Waals surface area contributed by atoms with Crippen LogP contribution in [0.4, 0.5) is 0 Å². The second kappa shape index (κ2) is 7.90. The van der Waals surface area contributed by atoms with E-state index in [9.17, 15) is 9.90 Å². The van der Waals surface area contributed by atoms with Crippen LogP contribution in [0, 0.1) is 5.92 Å². The van der Waals surface area contributed by atoms with Gasteiger partial charge < -0.3 is 14.6 Å². The fraction of sp³-hybridized carbons (Fsp3) is 0.562. The first-order valence-corrected chi connectivity index (χ1v) is 7.28. The first kappa shape index (κ1) is 14.9. The van der Waals surface area contributed by atoms with E-state index < -0.39 is 6.10 Å². The Balaban J connectivity index is 1.64. The van der Waals surface area contributed by atoms with Gasteiger partial charge in [0.15, 0.2) is 0 Å². The van der Waals surface area contributed by atoms with Crippen molar-refractivity contribution in [3.63, 3.8) is 0 Å². The van der Waals surface area contributed by atoms with Gasteiger partial charge in [-0.1, -0.05) is 37.5 Å². The van der Waals surface area contributed by atoms with Crippen molar-refractivity contribution in [2.75, 3.05) is 13.2 Å². The zero-order chi connectivity index (χ0) is 14.2. The van der Waals surface area contributed by atoms with Crippen LogP contribution in [0.2, 0.25) is 0 Å². The van der Waals surface area contributed by atoms with Crippen molar-refractivity contribution in [3.8, 4) is 5.75 Å². The molecule has 0 saturated heterocycles. The van der Waals surface area contributed by atoms with Crippen molar-refractivity contribution in [2.45, 2.75) is 38.2 Å². The van der Waals surface area contributed by atoms with E-state index in [0.717, 1.165) is 25.7 Å². The molecule has 1 atom stereocenters. The summed E-state index contributed by atoms with van der Waals surface area (Å²) in [4.78, 5) is 11.8. The van der Waals surface area contributed by atoms with Crippen LogP contribution in [-0.2, 0) is 9.53 Å². The van der Waals surface area contributed by atoms with Crippen LogP contribution < -0.4 is 4.74 Å². The third-order valence-corrected chi connectivity index (χ3v) is 3.54. The van der Waals surface area contributed by atoms with Crippen LogP contribution in [0.15, 0.2) is 30.3 Å². The van der Waals surface area contributed by atoms with Gasteiger partial charge in [-0.25, -0.2) is 0 Å². The van der Waals surface area contributed by atoms with E-state index in [1.165, 1.54) is 6.42 Å². The van der Waals surface area contributed by atoms with Gasteiger partial charge in [-0.15, -0.1) is 0 Å². The fourth-order valence-corrected chi connectivity index (χ4v) is 2.39. The lowest BCUT2D eigenvalue weighted by molar-refractivity contribution is -0.153. The zero-order valence-corrected chi connectivity index (χ0v) is 11.7. The summed E-state index contributed by atoms with van der Waals surface area (Å²) in [6, 6.07) is 9.27. The number of esters is 1. The molecule has 1 aliphatic rings. The van der Waals surface area contributed by atoms with E-state index in [1.54, 1.807) is 0 Å². The second-order valence-electron chi connectivity index (χ2n) is 5.24. The maximum atomic E-state index is 11.8. The van der Waals surface area contributed by atoms with E-state index in [-0.39, 0.29) is 25.1 Å². The van der Waals surface area contributed by atoms with Gasteiger partial charge in [0, 0.05) is 0 Å². The molecule has 0 amide bonds. The Labute approximate surface area is 119 Å². The third kappa shape index (κ3) is 4.85. The number of carbonyl (C=O) groups is 1. The number of hydrogen-bond donors (Lipinski definition) is 1. The lowest BCUT2D eigenvalue weighted by Crippen LogP contribution is -2.28. The summed E-state index contributed by atoms with van der Waals surface area (Å²) in [7, 11) is 0. The minimum Gasteiger partial charge on any atom is -0.491 e. The summed E-state index contributed by atoms with van der Waals surface area (Å²) in [5.74, 6) is 0.541. The van der Waals surface area contributed by atoms with Crippen LogP contribution in [0.1, 0.15) is 32.1 Å². The maximum Gasteiger partial charge on any atom is 0.309 e. The first-order chi connectivity index (χ1) is 9.75. The number of carbonyl (C=O) groups excluding carboxylic acids is 1. The van der Waals surface area contributed by atoms with Crippen molar-refractivity contribution < 1.29 is 19.4 Å². The monoisotopic (exact) mass is 278 g/mol. The van der Waals surface area contributed by atoms with Gasteiger partial charge in [0.05, 0.1) is 5.92 Å². The van der Waals surface area contributed by atoms with E-state index >= 15 is 0 Å². The minimum atomic E-state index is -0.789. The van der Waals surface area contributed by atoms with Gasteiger partial charge in [0.25, 0.3) is 0 Å². The van der Waals surface area contributed by atoms with Gasteiger partial charge in [-0.2, -0.15) is 0 Å². The van der Waals surface area contributed by atoms with E-state index in [0.29, 0.717) is 5.75 Å². The molecule has 110 valence electrons. The normalized spacial score (nSPS) is 17.4. The van der Waals surface area contributed by atoms with Gasteiger partial charge in [0.1, 0.15) is 25.1 Å². The van der Waals surface area contributed by atoms with E-state index in [4.69, 9.17) is 9.47 Å². The van der Waals surface area contributed by atoms with Crippen molar-refractivity contribution >= 4 is 5.97 Å². The number of rotatable bonds is 6. The molecule has 0 aromatic heterocycles. The quantitative estimate of drug-likeness (QED) is 0.812. The van der Waals surface area contributed by atoms with Crippen molar-refractivity contribution in [1.29, 1.82) is 0 Å². The molecule has 0 bridgehead atoms. The Morgan fingerprint density at radius 3 is 2.55 bits per heavy atom. The number of hydrogen-bond acceptors (Lipinski definition) is 4. The second-order valence-corrected chi connectivity index (χ2v) is 5.24. The molecule has 1 fully saturated rings. The number of ether oxygens (including phenoxy) is 2. The number of para-hydroxylation sites is 1. The molecule has 0 aliphatic heterocycles. The lowest BCUT2D eigenvalue weighted by Gasteiger charge is -2.20. The molecule has 2 rings (SSSR count). The number of aliphatic hydroxyl groups excluding tert-OH is 1. The highest BCUT2D eigenvalue weighted by Crippen LogP contribution is 2.24. The van der Waals surface area contributed by atoms with E-state index in [2.05, 4.69) is 0 Å².